The van der Waals surface area contributed by atoms with E-state index in [1.54, 1.807) is 0 Å². The second kappa shape index (κ2) is 5.71. The summed E-state index contributed by atoms with van der Waals surface area (Å²) in [5, 5.41) is 0.705. The molecule has 1 atom stereocenters. The van der Waals surface area contributed by atoms with Gasteiger partial charge in [0.15, 0.2) is 5.96 Å². The summed E-state index contributed by atoms with van der Waals surface area (Å²) in [6.45, 7) is 5.16. The summed E-state index contributed by atoms with van der Waals surface area (Å²) in [6.07, 6.45) is 3.21. The van der Waals surface area contributed by atoms with Crippen LogP contribution in [0.2, 0.25) is 5.02 Å². The van der Waals surface area contributed by atoms with E-state index in [0.29, 0.717) is 11.0 Å². The first-order valence-corrected chi connectivity index (χ1v) is 7.76. The zero-order valence-electron chi connectivity index (χ0n) is 11.3. The van der Waals surface area contributed by atoms with Gasteiger partial charge in [-0.25, -0.2) is 0 Å². The molecule has 0 radical (unpaired) electrons. The van der Waals surface area contributed by atoms with Crippen molar-refractivity contribution in [3.8, 4) is 0 Å². The van der Waals surface area contributed by atoms with Gasteiger partial charge in [0.25, 0.3) is 0 Å². The Bertz CT molecular complexity index is 503. The smallest absolute Gasteiger partial charge is 0.196 e. The number of rotatable bonds is 4. The number of halogens is 2. The van der Waals surface area contributed by atoms with Crippen molar-refractivity contribution in [3.63, 3.8) is 0 Å². The Morgan fingerprint density at radius 1 is 1.47 bits per heavy atom. The molecule has 1 aliphatic rings. The summed E-state index contributed by atoms with van der Waals surface area (Å²) >= 11 is 9.54. The molecule has 0 aromatic heterocycles. The third-order valence-corrected chi connectivity index (χ3v) is 4.99. The average Bonchev–Trinajstić information content (AvgIpc) is 2.71. The topological polar surface area (TPSA) is 41.6 Å². The Kier molecular flexibility index (Phi) is 4.41. The van der Waals surface area contributed by atoms with Gasteiger partial charge in [-0.3, -0.25) is 4.99 Å². The zero-order chi connectivity index (χ0) is 14.0. The van der Waals surface area contributed by atoms with Crippen LogP contribution >= 0.6 is 27.5 Å². The fraction of sp³-hybridized carbons (Fsp3) is 0.500. The third kappa shape index (κ3) is 2.61. The highest BCUT2D eigenvalue weighted by molar-refractivity contribution is 9.10. The van der Waals surface area contributed by atoms with Crippen LogP contribution in [0.1, 0.15) is 33.1 Å². The van der Waals surface area contributed by atoms with E-state index in [0.717, 1.165) is 36.0 Å². The Labute approximate surface area is 128 Å². The highest BCUT2D eigenvalue weighted by Crippen LogP contribution is 2.37. The zero-order valence-corrected chi connectivity index (χ0v) is 13.6. The number of hydrogen-bond acceptors (Lipinski definition) is 3. The SMILES string of the molecule is CCCC1(CC)CN=C(N)N1c1ccc(Cl)c(Br)c1. The molecule has 5 heteroatoms. The van der Waals surface area contributed by atoms with E-state index in [-0.39, 0.29) is 5.54 Å². The molecule has 1 aromatic rings. The predicted molar refractivity (Wildman–Crippen MR) is 86.1 cm³/mol. The number of benzene rings is 1. The van der Waals surface area contributed by atoms with E-state index in [1.807, 2.05) is 18.2 Å². The van der Waals surface area contributed by atoms with Crippen molar-refractivity contribution in [1.29, 1.82) is 0 Å². The molecule has 0 amide bonds. The highest BCUT2D eigenvalue weighted by Gasteiger charge is 2.40. The fourth-order valence-electron chi connectivity index (χ4n) is 2.75. The van der Waals surface area contributed by atoms with Crippen LogP contribution in [-0.4, -0.2) is 18.0 Å². The first-order valence-electron chi connectivity index (χ1n) is 6.59. The van der Waals surface area contributed by atoms with Gasteiger partial charge in [0.1, 0.15) is 0 Å². The maximum atomic E-state index is 6.11. The van der Waals surface area contributed by atoms with E-state index in [9.17, 15) is 0 Å². The Morgan fingerprint density at radius 3 is 2.79 bits per heavy atom. The third-order valence-electron chi connectivity index (χ3n) is 3.77. The van der Waals surface area contributed by atoms with E-state index in [2.05, 4.69) is 39.7 Å². The van der Waals surface area contributed by atoms with Crippen molar-refractivity contribution in [2.75, 3.05) is 11.4 Å². The summed E-state index contributed by atoms with van der Waals surface area (Å²) in [6, 6.07) is 5.90. The minimum atomic E-state index is 0.00605. The van der Waals surface area contributed by atoms with Gasteiger partial charge in [-0.05, 0) is 47.0 Å². The molecular weight excluding hydrogens is 326 g/mol. The summed E-state index contributed by atoms with van der Waals surface area (Å²) in [5.41, 5.74) is 7.16. The number of guanidine groups is 1. The van der Waals surface area contributed by atoms with E-state index in [1.165, 1.54) is 0 Å². The lowest BCUT2D eigenvalue weighted by molar-refractivity contribution is 0.404. The van der Waals surface area contributed by atoms with Crippen molar-refractivity contribution in [2.45, 2.75) is 38.6 Å². The molecule has 2 rings (SSSR count). The van der Waals surface area contributed by atoms with Crippen LogP contribution in [0.5, 0.6) is 0 Å². The molecule has 0 fully saturated rings. The Hall–Kier alpha value is -0.740. The first kappa shape index (κ1) is 14.7. The van der Waals surface area contributed by atoms with Crippen molar-refractivity contribution in [3.05, 3.63) is 27.7 Å². The van der Waals surface area contributed by atoms with E-state index >= 15 is 0 Å². The van der Waals surface area contributed by atoms with Crippen LogP contribution in [0.3, 0.4) is 0 Å². The van der Waals surface area contributed by atoms with E-state index < -0.39 is 0 Å². The summed E-state index contributed by atoms with van der Waals surface area (Å²) in [7, 11) is 0. The van der Waals surface area contributed by atoms with Crippen LogP contribution in [0.25, 0.3) is 0 Å². The molecular formula is C14H19BrClN3. The molecule has 0 saturated carbocycles. The van der Waals surface area contributed by atoms with Crippen molar-refractivity contribution in [1.82, 2.24) is 0 Å². The fourth-order valence-corrected chi connectivity index (χ4v) is 3.23. The largest absolute Gasteiger partial charge is 0.369 e. The van der Waals surface area contributed by atoms with Crippen LogP contribution in [0.15, 0.2) is 27.7 Å². The van der Waals surface area contributed by atoms with Gasteiger partial charge in [0.05, 0.1) is 17.1 Å². The molecule has 19 heavy (non-hydrogen) atoms. The molecule has 3 nitrogen and oxygen atoms in total. The normalized spacial score (nSPS) is 22.7. The number of nitrogens with two attached hydrogens (primary N) is 1. The molecule has 104 valence electrons. The molecule has 1 unspecified atom stereocenters. The highest BCUT2D eigenvalue weighted by atomic mass is 79.9. The second-order valence-corrected chi connectivity index (χ2v) is 6.20. The molecule has 2 N–H and O–H groups in total. The van der Waals surface area contributed by atoms with Gasteiger partial charge in [-0.15, -0.1) is 0 Å². The standard InChI is InChI=1S/C14H19BrClN3/c1-3-7-14(4-2)9-18-13(17)19(14)10-5-6-12(16)11(15)8-10/h5-6,8H,3-4,7,9H2,1-2H3,(H2,17,18). The average molecular weight is 345 g/mol. The van der Waals surface area contributed by atoms with Gasteiger partial charge >= 0.3 is 0 Å². The van der Waals surface area contributed by atoms with Gasteiger partial charge < -0.3 is 10.6 Å². The first-order chi connectivity index (χ1) is 9.04. The van der Waals surface area contributed by atoms with Crippen LogP contribution in [0.4, 0.5) is 5.69 Å². The lowest BCUT2D eigenvalue weighted by Crippen LogP contribution is -2.51. The minimum Gasteiger partial charge on any atom is -0.369 e. The maximum Gasteiger partial charge on any atom is 0.196 e. The number of aliphatic imine (C=N–C) groups is 1. The minimum absolute atomic E-state index is 0.00605. The molecule has 1 aromatic carbocycles. The van der Waals surface area contributed by atoms with Gasteiger partial charge in [-0.2, -0.15) is 0 Å². The molecule has 0 spiro atoms. The van der Waals surface area contributed by atoms with Crippen LogP contribution in [0, 0.1) is 0 Å². The second-order valence-electron chi connectivity index (χ2n) is 4.94. The van der Waals surface area contributed by atoms with Gasteiger partial charge in [0.2, 0.25) is 0 Å². The van der Waals surface area contributed by atoms with Crippen molar-refractivity contribution in [2.24, 2.45) is 10.7 Å². The Morgan fingerprint density at radius 2 is 2.21 bits per heavy atom. The van der Waals surface area contributed by atoms with Crippen molar-refractivity contribution < 1.29 is 0 Å². The quantitative estimate of drug-likeness (QED) is 0.890. The van der Waals surface area contributed by atoms with Gasteiger partial charge in [-0.1, -0.05) is 31.9 Å². The lowest BCUT2D eigenvalue weighted by atomic mass is 9.89. The molecule has 1 heterocycles. The predicted octanol–water partition coefficient (Wildman–Crippen LogP) is 4.19. The Balaban J connectivity index is 2.43. The maximum absolute atomic E-state index is 6.11. The van der Waals surface area contributed by atoms with E-state index in [4.69, 9.17) is 17.3 Å². The van der Waals surface area contributed by atoms with Crippen molar-refractivity contribution >= 4 is 39.2 Å². The van der Waals surface area contributed by atoms with Crippen LogP contribution < -0.4 is 10.6 Å². The summed E-state index contributed by atoms with van der Waals surface area (Å²) in [4.78, 5) is 6.63. The van der Waals surface area contributed by atoms with Gasteiger partial charge in [0, 0.05) is 10.2 Å². The van der Waals surface area contributed by atoms with Crippen LogP contribution in [-0.2, 0) is 0 Å². The monoisotopic (exact) mass is 343 g/mol. The number of hydrogen-bond donors (Lipinski definition) is 1. The molecule has 0 aliphatic carbocycles. The summed E-state index contributed by atoms with van der Waals surface area (Å²) in [5.74, 6) is 0.601. The summed E-state index contributed by atoms with van der Waals surface area (Å²) < 4.78 is 0.882. The molecule has 0 bridgehead atoms. The lowest BCUT2D eigenvalue weighted by Gasteiger charge is -2.38. The number of anilines is 1. The molecule has 1 aliphatic heterocycles. The number of nitrogens with zero attached hydrogens (tertiary/aromatic N) is 2. The molecule has 0 saturated heterocycles.